The summed E-state index contributed by atoms with van der Waals surface area (Å²) in [5.74, 6) is -1.10. The van der Waals surface area contributed by atoms with Gasteiger partial charge < -0.3 is 25.2 Å². The highest BCUT2D eigenvalue weighted by molar-refractivity contribution is 6.34. The number of aliphatic hydroxyl groups is 1. The number of carboxylic acids is 1. The number of carboxylic acid groups (broad SMARTS) is 1. The second-order valence-electron chi connectivity index (χ2n) is 4.50. The van der Waals surface area contributed by atoms with Gasteiger partial charge in [-0.15, -0.1) is 0 Å². The first-order chi connectivity index (χ1) is 9.76. The number of carbonyl (C=O) groups is 2. The molecule has 116 valence electrons. The summed E-state index contributed by atoms with van der Waals surface area (Å²) in [6.45, 7) is 1.70. The highest BCUT2D eigenvalue weighted by atomic mass is 35.5. The topological polar surface area (TPSA) is 99.1 Å². The van der Waals surface area contributed by atoms with E-state index < -0.39 is 18.1 Å². The molecule has 0 aliphatic rings. The molecule has 0 heterocycles. The molecule has 1 rings (SSSR count). The van der Waals surface area contributed by atoms with Crippen molar-refractivity contribution < 1.29 is 24.5 Å². The second kappa shape index (κ2) is 7.14. The van der Waals surface area contributed by atoms with Crippen molar-refractivity contribution in [2.45, 2.75) is 13.0 Å². The van der Waals surface area contributed by atoms with Gasteiger partial charge in [0.1, 0.15) is 11.3 Å². The zero-order valence-corrected chi connectivity index (χ0v) is 12.6. The number of urea groups is 1. The summed E-state index contributed by atoms with van der Waals surface area (Å²) >= 11 is 5.96. The zero-order valence-electron chi connectivity index (χ0n) is 11.9. The Morgan fingerprint density at radius 2 is 2.10 bits per heavy atom. The fourth-order valence-electron chi connectivity index (χ4n) is 1.68. The van der Waals surface area contributed by atoms with E-state index >= 15 is 0 Å². The fraction of sp³-hybridized carbons (Fsp3) is 0.385. The Hall–Kier alpha value is -1.99. The molecule has 2 amide bonds. The smallest absolute Gasteiger partial charge is 0.339 e. The van der Waals surface area contributed by atoms with Crippen LogP contribution in [0.15, 0.2) is 12.1 Å². The van der Waals surface area contributed by atoms with Crippen molar-refractivity contribution in [2.75, 3.05) is 26.0 Å². The van der Waals surface area contributed by atoms with Gasteiger partial charge in [-0.3, -0.25) is 0 Å². The van der Waals surface area contributed by atoms with Crippen LogP contribution in [0.2, 0.25) is 5.02 Å². The molecule has 0 fully saturated rings. The van der Waals surface area contributed by atoms with Gasteiger partial charge in [0.2, 0.25) is 0 Å². The number of nitrogens with zero attached hydrogens (tertiary/aromatic N) is 1. The maximum absolute atomic E-state index is 11.9. The van der Waals surface area contributed by atoms with Crippen LogP contribution in [0.4, 0.5) is 10.5 Å². The van der Waals surface area contributed by atoms with Crippen LogP contribution < -0.4 is 10.1 Å². The molecule has 0 aliphatic carbocycles. The number of amides is 2. The van der Waals surface area contributed by atoms with E-state index in [4.69, 9.17) is 21.4 Å². The van der Waals surface area contributed by atoms with Crippen molar-refractivity contribution >= 4 is 29.3 Å². The maximum atomic E-state index is 11.9. The highest BCUT2D eigenvalue weighted by Crippen LogP contribution is 2.31. The van der Waals surface area contributed by atoms with Crippen LogP contribution in [0, 0.1) is 0 Å². The number of ether oxygens (including phenoxy) is 1. The normalized spacial score (nSPS) is 11.7. The standard InChI is InChI=1S/C13H17ClN2O5/c1-7(17)6-16(2)13(20)15-10-5-11(21-3)8(12(18)19)4-9(10)14/h4-5,7,17H,6H2,1-3H3,(H,15,20)(H,18,19). The van der Waals surface area contributed by atoms with Crippen molar-refractivity contribution in [3.63, 3.8) is 0 Å². The first kappa shape index (κ1) is 17.1. The van der Waals surface area contributed by atoms with Gasteiger partial charge in [0.25, 0.3) is 0 Å². The third kappa shape index (κ3) is 4.51. The van der Waals surface area contributed by atoms with Gasteiger partial charge in [-0.2, -0.15) is 0 Å². The van der Waals surface area contributed by atoms with Crippen LogP contribution in [-0.2, 0) is 0 Å². The average Bonchev–Trinajstić information content (AvgIpc) is 2.39. The Balaban J connectivity index is 2.99. The third-order valence-electron chi connectivity index (χ3n) is 2.65. The predicted molar refractivity (Wildman–Crippen MR) is 78.3 cm³/mol. The molecule has 1 aromatic rings. The summed E-state index contributed by atoms with van der Waals surface area (Å²) in [7, 11) is 2.83. The van der Waals surface area contributed by atoms with E-state index in [1.165, 1.54) is 31.2 Å². The molecule has 8 heteroatoms. The molecule has 0 aromatic heterocycles. The molecular formula is C13H17ClN2O5. The molecule has 1 unspecified atom stereocenters. The van der Waals surface area contributed by atoms with Gasteiger partial charge >= 0.3 is 12.0 Å². The molecular weight excluding hydrogens is 300 g/mol. The number of anilines is 1. The Morgan fingerprint density at radius 3 is 2.57 bits per heavy atom. The monoisotopic (exact) mass is 316 g/mol. The first-order valence-corrected chi connectivity index (χ1v) is 6.45. The van der Waals surface area contributed by atoms with Crippen LogP contribution in [0.1, 0.15) is 17.3 Å². The predicted octanol–water partition coefficient (Wildman–Crippen LogP) is 1.89. The zero-order chi connectivity index (χ0) is 16.2. The number of aromatic carboxylic acids is 1. The van der Waals surface area contributed by atoms with Crippen molar-refractivity contribution in [3.05, 3.63) is 22.7 Å². The number of benzene rings is 1. The van der Waals surface area contributed by atoms with Crippen molar-refractivity contribution in [2.24, 2.45) is 0 Å². The molecule has 1 aromatic carbocycles. The van der Waals surface area contributed by atoms with Gasteiger partial charge in [0.05, 0.1) is 23.9 Å². The highest BCUT2D eigenvalue weighted by Gasteiger charge is 2.18. The molecule has 3 N–H and O–H groups in total. The Labute approximate surface area is 127 Å². The molecule has 0 saturated heterocycles. The van der Waals surface area contributed by atoms with Gasteiger partial charge in [0.15, 0.2) is 0 Å². The quantitative estimate of drug-likeness (QED) is 0.770. The number of likely N-dealkylation sites (N-methyl/N-ethyl adjacent to an activating group) is 1. The van der Waals surface area contributed by atoms with E-state index in [2.05, 4.69) is 5.32 Å². The van der Waals surface area contributed by atoms with Gasteiger partial charge in [-0.05, 0) is 13.0 Å². The minimum Gasteiger partial charge on any atom is -0.496 e. The van der Waals surface area contributed by atoms with E-state index in [0.29, 0.717) is 0 Å². The lowest BCUT2D eigenvalue weighted by atomic mass is 10.2. The summed E-state index contributed by atoms with van der Waals surface area (Å²) in [6.07, 6.45) is -0.667. The van der Waals surface area contributed by atoms with Gasteiger partial charge in [0, 0.05) is 19.7 Å². The third-order valence-corrected chi connectivity index (χ3v) is 2.96. The fourth-order valence-corrected chi connectivity index (χ4v) is 1.89. The van der Waals surface area contributed by atoms with Crippen LogP contribution in [-0.4, -0.2) is 53.9 Å². The van der Waals surface area contributed by atoms with E-state index in [0.717, 1.165) is 0 Å². The molecule has 21 heavy (non-hydrogen) atoms. The number of methoxy groups -OCH3 is 1. The lowest BCUT2D eigenvalue weighted by Crippen LogP contribution is -2.36. The lowest BCUT2D eigenvalue weighted by Gasteiger charge is -2.20. The lowest BCUT2D eigenvalue weighted by molar-refractivity contribution is 0.0693. The Morgan fingerprint density at radius 1 is 1.48 bits per heavy atom. The Bertz CT molecular complexity index is 548. The number of aliphatic hydroxyl groups excluding tert-OH is 1. The molecule has 1 atom stereocenters. The molecule has 0 aliphatic heterocycles. The summed E-state index contributed by atoms with van der Waals surface area (Å²) < 4.78 is 4.96. The number of halogens is 1. The molecule has 0 spiro atoms. The summed E-state index contributed by atoms with van der Waals surface area (Å²) in [4.78, 5) is 24.2. The summed E-state index contributed by atoms with van der Waals surface area (Å²) in [5.41, 5.74) is 0.124. The van der Waals surface area contributed by atoms with E-state index in [1.54, 1.807) is 6.92 Å². The van der Waals surface area contributed by atoms with Crippen molar-refractivity contribution in [1.29, 1.82) is 0 Å². The van der Waals surface area contributed by atoms with Crippen LogP contribution in [0.25, 0.3) is 0 Å². The summed E-state index contributed by atoms with van der Waals surface area (Å²) in [6, 6.07) is 2.05. The molecule has 0 saturated carbocycles. The number of nitrogens with one attached hydrogen (secondary N) is 1. The van der Waals surface area contributed by atoms with Crippen molar-refractivity contribution in [1.82, 2.24) is 4.90 Å². The Kier molecular flexibility index (Phi) is 5.80. The second-order valence-corrected chi connectivity index (χ2v) is 4.90. The van der Waals surface area contributed by atoms with E-state index in [1.807, 2.05) is 0 Å². The van der Waals surface area contributed by atoms with Crippen LogP contribution in [0.5, 0.6) is 5.75 Å². The van der Waals surface area contributed by atoms with E-state index in [-0.39, 0.29) is 28.6 Å². The summed E-state index contributed by atoms with van der Waals surface area (Å²) in [5, 5.41) is 20.9. The molecule has 0 bridgehead atoms. The first-order valence-electron chi connectivity index (χ1n) is 6.07. The van der Waals surface area contributed by atoms with Gasteiger partial charge in [-0.25, -0.2) is 9.59 Å². The average molecular weight is 317 g/mol. The number of hydrogen-bond donors (Lipinski definition) is 3. The number of hydrogen-bond acceptors (Lipinski definition) is 4. The number of rotatable bonds is 5. The minimum atomic E-state index is -1.18. The van der Waals surface area contributed by atoms with E-state index in [9.17, 15) is 14.7 Å². The van der Waals surface area contributed by atoms with Gasteiger partial charge in [-0.1, -0.05) is 11.6 Å². The number of carbonyl (C=O) groups excluding carboxylic acids is 1. The molecule has 0 radical (unpaired) electrons. The van der Waals surface area contributed by atoms with Crippen LogP contribution in [0.3, 0.4) is 0 Å². The maximum Gasteiger partial charge on any atom is 0.339 e. The largest absolute Gasteiger partial charge is 0.496 e. The molecule has 7 nitrogen and oxygen atoms in total. The van der Waals surface area contributed by atoms with Crippen LogP contribution >= 0.6 is 11.6 Å². The van der Waals surface area contributed by atoms with Crippen molar-refractivity contribution in [3.8, 4) is 5.75 Å². The SMILES string of the molecule is COc1cc(NC(=O)N(C)CC(C)O)c(Cl)cc1C(=O)O. The minimum absolute atomic E-state index is 0.0759.